The van der Waals surface area contributed by atoms with Gasteiger partial charge in [0.1, 0.15) is 5.75 Å². The molecule has 0 unspecified atom stereocenters. The molecular weight excluding hydrogens is 262 g/mol. The average molecular weight is 291 g/mol. The Hall–Kier alpha value is -1.35. The number of carbonyl (C=O) groups excluding carboxylic acids is 1. The lowest BCUT2D eigenvalue weighted by atomic mass is 9.72. The Kier molecular flexibility index (Phi) is 5.57. The number of ether oxygens (including phenoxy) is 1. The van der Waals surface area contributed by atoms with Gasteiger partial charge in [0, 0.05) is 6.42 Å². The number of hydrogen-bond donors (Lipinski definition) is 1. The van der Waals surface area contributed by atoms with Crippen LogP contribution >= 0.6 is 0 Å². The van der Waals surface area contributed by atoms with Gasteiger partial charge in [-0.1, -0.05) is 40.7 Å². The van der Waals surface area contributed by atoms with Crippen LogP contribution < -0.4 is 10.5 Å². The highest BCUT2D eigenvalue weighted by Gasteiger charge is 2.28. The van der Waals surface area contributed by atoms with Crippen molar-refractivity contribution < 1.29 is 9.53 Å². The molecule has 1 rings (SSSR count). The van der Waals surface area contributed by atoms with E-state index in [1.807, 2.05) is 12.1 Å². The molecule has 2 N–H and O–H groups in total. The molecule has 3 nitrogen and oxygen atoms in total. The fraction of sp³-hybridized carbons (Fsp3) is 0.611. The zero-order valence-electron chi connectivity index (χ0n) is 14.2. The van der Waals surface area contributed by atoms with Crippen LogP contribution in [-0.2, 0) is 5.41 Å². The molecule has 0 amide bonds. The smallest absolute Gasteiger partial charge is 0.167 e. The minimum Gasteiger partial charge on any atom is -0.496 e. The first kappa shape index (κ1) is 17.7. The predicted molar refractivity (Wildman–Crippen MR) is 88.1 cm³/mol. The van der Waals surface area contributed by atoms with Crippen molar-refractivity contribution in [1.82, 2.24) is 0 Å². The summed E-state index contributed by atoms with van der Waals surface area (Å²) >= 11 is 0. The topological polar surface area (TPSA) is 52.3 Å². The monoisotopic (exact) mass is 291 g/mol. The number of hydrogen-bond acceptors (Lipinski definition) is 3. The first-order valence-electron chi connectivity index (χ1n) is 7.52. The van der Waals surface area contributed by atoms with E-state index in [-0.39, 0.29) is 16.6 Å². The van der Waals surface area contributed by atoms with E-state index in [0.29, 0.717) is 24.3 Å². The first-order chi connectivity index (χ1) is 9.60. The summed E-state index contributed by atoms with van der Waals surface area (Å²) in [6.07, 6.45) is 1.39. The molecule has 0 aliphatic rings. The third-order valence-electron chi connectivity index (χ3n) is 3.63. The van der Waals surface area contributed by atoms with Crippen molar-refractivity contribution in [3.8, 4) is 5.75 Å². The maximum atomic E-state index is 12.2. The fourth-order valence-corrected chi connectivity index (χ4v) is 3.04. The van der Waals surface area contributed by atoms with Crippen molar-refractivity contribution in [2.24, 2.45) is 11.1 Å². The van der Waals surface area contributed by atoms with E-state index in [1.54, 1.807) is 7.11 Å². The highest BCUT2D eigenvalue weighted by atomic mass is 16.5. The van der Waals surface area contributed by atoms with Crippen LogP contribution in [0.1, 0.15) is 63.4 Å². The van der Waals surface area contributed by atoms with Crippen LogP contribution in [0, 0.1) is 5.41 Å². The third-order valence-corrected chi connectivity index (χ3v) is 3.63. The first-order valence-corrected chi connectivity index (χ1v) is 7.52. The van der Waals surface area contributed by atoms with E-state index in [1.165, 1.54) is 5.56 Å². The van der Waals surface area contributed by atoms with E-state index in [2.05, 4.69) is 40.7 Å². The molecule has 0 spiro atoms. The van der Waals surface area contributed by atoms with Gasteiger partial charge in [0.15, 0.2) is 5.78 Å². The lowest BCUT2D eigenvalue weighted by molar-refractivity contribution is 0.0982. The Morgan fingerprint density at radius 1 is 1.19 bits per heavy atom. The summed E-state index contributed by atoms with van der Waals surface area (Å²) < 4.78 is 5.32. The molecule has 0 fully saturated rings. The minimum atomic E-state index is 0.00225. The molecule has 1 aromatic rings. The fourth-order valence-electron chi connectivity index (χ4n) is 3.04. The summed E-state index contributed by atoms with van der Waals surface area (Å²) in [6.45, 7) is 11.5. The number of benzene rings is 1. The lowest BCUT2D eigenvalue weighted by Gasteiger charge is -2.33. The molecule has 0 bridgehead atoms. The van der Waals surface area contributed by atoms with Crippen LogP contribution in [0.2, 0.25) is 0 Å². The van der Waals surface area contributed by atoms with Gasteiger partial charge in [-0.2, -0.15) is 0 Å². The van der Waals surface area contributed by atoms with Gasteiger partial charge in [-0.15, -0.1) is 0 Å². The Bertz CT molecular complexity index is 498. The molecule has 0 atom stereocenters. The van der Waals surface area contributed by atoms with E-state index in [0.717, 1.165) is 6.42 Å². The zero-order valence-corrected chi connectivity index (χ0v) is 14.2. The number of carbonyl (C=O) groups is 1. The van der Waals surface area contributed by atoms with E-state index in [9.17, 15) is 4.79 Å². The summed E-state index contributed by atoms with van der Waals surface area (Å²) in [7, 11) is 1.59. The van der Waals surface area contributed by atoms with Gasteiger partial charge in [-0.3, -0.25) is 4.79 Å². The summed E-state index contributed by atoms with van der Waals surface area (Å²) in [5, 5.41) is 0. The van der Waals surface area contributed by atoms with E-state index in [4.69, 9.17) is 10.5 Å². The van der Waals surface area contributed by atoms with Crippen LogP contribution in [-0.4, -0.2) is 19.4 Å². The van der Waals surface area contributed by atoms with Gasteiger partial charge in [0.05, 0.1) is 12.7 Å². The van der Waals surface area contributed by atoms with Gasteiger partial charge >= 0.3 is 0 Å². The maximum Gasteiger partial charge on any atom is 0.167 e. The molecule has 0 aliphatic heterocycles. The summed E-state index contributed by atoms with van der Waals surface area (Å²) in [5.74, 6) is 0.673. The third kappa shape index (κ3) is 4.85. The van der Waals surface area contributed by atoms with Crippen LogP contribution in [0.3, 0.4) is 0 Å². The molecule has 118 valence electrons. The van der Waals surface area contributed by atoms with Crippen molar-refractivity contribution in [3.05, 3.63) is 29.3 Å². The molecular formula is C18H29NO2. The van der Waals surface area contributed by atoms with Crippen LogP contribution in [0.4, 0.5) is 0 Å². The summed E-state index contributed by atoms with van der Waals surface area (Å²) in [4.78, 5) is 12.2. The molecule has 0 heterocycles. The molecule has 1 aromatic carbocycles. The maximum absolute atomic E-state index is 12.2. The van der Waals surface area contributed by atoms with Gasteiger partial charge < -0.3 is 10.5 Å². The van der Waals surface area contributed by atoms with Gasteiger partial charge in [-0.05, 0) is 41.5 Å². The van der Waals surface area contributed by atoms with Crippen LogP contribution in [0.25, 0.3) is 0 Å². The predicted octanol–water partition coefficient (Wildman–Crippen LogP) is 3.94. The zero-order chi connectivity index (χ0) is 16.3. The molecule has 0 saturated heterocycles. The SMILES string of the molecule is COc1ccc(C(C)(C)CC(C)(C)C)cc1C(=O)CCN. The van der Waals surface area contributed by atoms with Crippen LogP contribution in [0.15, 0.2) is 18.2 Å². The summed E-state index contributed by atoms with van der Waals surface area (Å²) in [6, 6.07) is 5.93. The van der Waals surface area contributed by atoms with Crippen LogP contribution in [0.5, 0.6) is 5.75 Å². The van der Waals surface area contributed by atoms with Crippen molar-refractivity contribution >= 4 is 5.78 Å². The second kappa shape index (κ2) is 6.61. The Labute approximate surface area is 128 Å². The van der Waals surface area contributed by atoms with Gasteiger partial charge in [0.2, 0.25) is 0 Å². The molecule has 0 aliphatic carbocycles. The molecule has 0 radical (unpaired) electrons. The number of rotatable bonds is 6. The Morgan fingerprint density at radius 2 is 1.81 bits per heavy atom. The highest BCUT2D eigenvalue weighted by Crippen LogP contribution is 2.37. The molecule has 3 heteroatoms. The quantitative estimate of drug-likeness (QED) is 0.808. The van der Waals surface area contributed by atoms with Crippen molar-refractivity contribution in [2.45, 2.75) is 52.9 Å². The van der Waals surface area contributed by atoms with E-state index < -0.39 is 0 Å². The largest absolute Gasteiger partial charge is 0.496 e. The number of methoxy groups -OCH3 is 1. The molecule has 21 heavy (non-hydrogen) atoms. The minimum absolute atomic E-state index is 0.00225. The standard InChI is InChI=1S/C18H29NO2/c1-17(2,3)12-18(4,5)13-7-8-16(21-6)14(11-13)15(20)9-10-19/h7-8,11H,9-10,12,19H2,1-6H3. The van der Waals surface area contributed by atoms with Gasteiger partial charge in [-0.25, -0.2) is 0 Å². The van der Waals surface area contributed by atoms with E-state index >= 15 is 0 Å². The lowest BCUT2D eigenvalue weighted by Crippen LogP contribution is -2.25. The highest BCUT2D eigenvalue weighted by molar-refractivity contribution is 5.99. The van der Waals surface area contributed by atoms with Crippen molar-refractivity contribution in [1.29, 1.82) is 0 Å². The van der Waals surface area contributed by atoms with Crippen molar-refractivity contribution in [2.75, 3.05) is 13.7 Å². The van der Waals surface area contributed by atoms with Crippen molar-refractivity contribution in [3.63, 3.8) is 0 Å². The number of ketones is 1. The average Bonchev–Trinajstić information content (AvgIpc) is 2.35. The normalized spacial score (nSPS) is 12.3. The molecule has 0 saturated carbocycles. The summed E-state index contributed by atoms with van der Waals surface area (Å²) in [5.41, 5.74) is 7.54. The second-order valence-electron chi connectivity index (χ2n) is 7.50. The number of nitrogens with two attached hydrogens (primary N) is 1. The van der Waals surface area contributed by atoms with Gasteiger partial charge in [0.25, 0.3) is 0 Å². The molecule has 0 aromatic heterocycles. The Balaban J connectivity index is 3.21. The second-order valence-corrected chi connectivity index (χ2v) is 7.50. The number of Topliss-reactive ketones (excluding diaryl/α,β-unsaturated/α-hetero) is 1. The Morgan fingerprint density at radius 3 is 2.29 bits per heavy atom.